The minimum atomic E-state index is 0.595. The van der Waals surface area contributed by atoms with Gasteiger partial charge in [0.1, 0.15) is 16.8 Å². The zero-order valence-electron chi connectivity index (χ0n) is 9.24. The largest absolute Gasteiger partial charge is 0.122 e. The third kappa shape index (κ3) is 3.01. The van der Waals surface area contributed by atoms with Crippen molar-refractivity contribution in [2.24, 2.45) is 0 Å². The van der Waals surface area contributed by atoms with Crippen LogP contribution < -0.4 is 0 Å². The quantitative estimate of drug-likeness (QED) is 0.686. The first kappa shape index (κ1) is 11.1. The van der Waals surface area contributed by atoms with E-state index in [1.54, 1.807) is 0 Å². The van der Waals surface area contributed by atoms with Gasteiger partial charge >= 0.3 is 0 Å². The van der Waals surface area contributed by atoms with E-state index >= 15 is 0 Å². The molecular weight excluding hydrogens is 200 g/mol. The summed E-state index contributed by atoms with van der Waals surface area (Å²) in [6.45, 7) is 8.24. The number of benzene rings is 1. The molecule has 1 saturated heterocycles. The molecule has 15 heavy (non-hydrogen) atoms. The molecule has 0 spiro atoms. The van der Waals surface area contributed by atoms with Gasteiger partial charge in [0.15, 0.2) is 0 Å². The fourth-order valence-corrected chi connectivity index (χ4v) is 4.52. The molecule has 2 rings (SSSR count). The van der Waals surface area contributed by atoms with Gasteiger partial charge in [0.05, 0.1) is 0 Å². The van der Waals surface area contributed by atoms with Crippen LogP contribution >= 0.6 is 0 Å². The van der Waals surface area contributed by atoms with Gasteiger partial charge in [0.2, 0.25) is 0 Å². The summed E-state index contributed by atoms with van der Waals surface area (Å²) in [5.74, 6) is 2.84. The van der Waals surface area contributed by atoms with Gasteiger partial charge in [-0.05, 0) is 48.7 Å². The van der Waals surface area contributed by atoms with Crippen molar-refractivity contribution in [2.45, 2.75) is 24.5 Å². The van der Waals surface area contributed by atoms with E-state index in [-0.39, 0.29) is 0 Å². The lowest BCUT2D eigenvalue weighted by molar-refractivity contribution is 0.949. The lowest BCUT2D eigenvalue weighted by Gasteiger charge is -2.10. The van der Waals surface area contributed by atoms with Crippen molar-refractivity contribution in [1.29, 1.82) is 0 Å². The Kier molecular flexibility index (Phi) is 3.74. The molecule has 2 radical (unpaired) electrons. The molecule has 0 bridgehead atoms. The third-order valence-corrected chi connectivity index (χ3v) is 5.76. The summed E-state index contributed by atoms with van der Waals surface area (Å²) in [5, 5.41) is 0.628. The van der Waals surface area contributed by atoms with Gasteiger partial charge in [-0.2, -0.15) is 0 Å². The van der Waals surface area contributed by atoms with Crippen LogP contribution in [-0.2, 0) is 17.3 Å². The first-order chi connectivity index (χ1) is 7.25. The predicted octanol–water partition coefficient (Wildman–Crippen LogP) is 3.03. The summed E-state index contributed by atoms with van der Waals surface area (Å²) in [7, 11) is 0.595. The lowest BCUT2D eigenvalue weighted by Crippen LogP contribution is -2.22. The van der Waals surface area contributed by atoms with Crippen molar-refractivity contribution in [3.8, 4) is 0 Å². The highest BCUT2D eigenvalue weighted by molar-refractivity contribution is 7.97. The second-order valence-corrected chi connectivity index (χ2v) is 6.85. The van der Waals surface area contributed by atoms with Crippen LogP contribution in [0.4, 0.5) is 0 Å². The molecule has 1 heterocycles. The summed E-state index contributed by atoms with van der Waals surface area (Å²) < 4.78 is 0. The second-order valence-electron chi connectivity index (χ2n) is 4.30. The molecule has 0 amide bonds. The zero-order chi connectivity index (χ0) is 10.7. The van der Waals surface area contributed by atoms with E-state index in [4.69, 9.17) is 0 Å². The Labute approximate surface area is 96.4 Å². The topological polar surface area (TPSA) is 0 Å². The van der Waals surface area contributed by atoms with Gasteiger partial charge in [-0.1, -0.05) is 24.3 Å². The first-order valence-electron chi connectivity index (χ1n) is 5.66. The normalized spacial score (nSPS) is 19.3. The lowest BCUT2D eigenvalue weighted by atomic mass is 10.1. The number of rotatable bonds is 3. The summed E-state index contributed by atoms with van der Waals surface area (Å²) in [6, 6.07) is 8.58. The predicted molar refractivity (Wildman–Crippen MR) is 70.1 cm³/mol. The van der Waals surface area contributed by atoms with Crippen LogP contribution in [0, 0.1) is 13.8 Å². The Hall–Kier alpha value is -0.430. The highest BCUT2D eigenvalue weighted by Gasteiger charge is 2.30. The molecular formula is C14H19S+. The van der Waals surface area contributed by atoms with Crippen LogP contribution in [-0.4, -0.2) is 16.8 Å². The maximum Gasteiger partial charge on any atom is 0.122 e. The Morgan fingerprint density at radius 2 is 1.73 bits per heavy atom. The number of hydrogen-bond acceptors (Lipinski definition) is 0. The van der Waals surface area contributed by atoms with Gasteiger partial charge in [-0.15, -0.1) is 0 Å². The maximum absolute atomic E-state index is 4.33. The van der Waals surface area contributed by atoms with Crippen molar-refractivity contribution in [2.75, 3.05) is 11.5 Å². The van der Waals surface area contributed by atoms with Crippen molar-refractivity contribution in [3.05, 3.63) is 49.2 Å². The van der Waals surface area contributed by atoms with Gasteiger partial charge in [-0.3, -0.25) is 0 Å². The molecule has 1 unspecified atom stereocenters. The molecule has 0 N–H and O–H groups in total. The molecule has 0 nitrogen and oxygen atoms in total. The average Bonchev–Trinajstić information content (AvgIpc) is 2.74. The Morgan fingerprint density at radius 3 is 2.33 bits per heavy atom. The van der Waals surface area contributed by atoms with Crippen LogP contribution in [0.2, 0.25) is 0 Å². The molecule has 0 aromatic heterocycles. The third-order valence-electron chi connectivity index (χ3n) is 3.02. The average molecular weight is 219 g/mol. The molecule has 1 aromatic rings. The van der Waals surface area contributed by atoms with Crippen molar-refractivity contribution in [1.82, 2.24) is 0 Å². The van der Waals surface area contributed by atoms with Gasteiger partial charge in [-0.25, -0.2) is 0 Å². The van der Waals surface area contributed by atoms with Crippen molar-refractivity contribution < 1.29 is 0 Å². The SMILES string of the molecule is [CH2]c1ccc(CC([CH2])[S+]2CCCC2)cc1. The monoisotopic (exact) mass is 219 g/mol. The first-order valence-corrected chi connectivity index (χ1v) is 7.28. The van der Waals surface area contributed by atoms with E-state index in [1.807, 2.05) is 0 Å². The van der Waals surface area contributed by atoms with E-state index in [1.165, 1.54) is 29.9 Å². The summed E-state index contributed by atoms with van der Waals surface area (Å²) in [6.07, 6.45) is 3.99. The van der Waals surface area contributed by atoms with Crippen molar-refractivity contribution >= 4 is 10.9 Å². The Balaban J connectivity index is 1.92. The van der Waals surface area contributed by atoms with Crippen molar-refractivity contribution in [3.63, 3.8) is 0 Å². The van der Waals surface area contributed by atoms with E-state index in [0.717, 1.165) is 12.0 Å². The van der Waals surface area contributed by atoms with Crippen LogP contribution in [0.15, 0.2) is 24.3 Å². The van der Waals surface area contributed by atoms with Crippen LogP contribution in [0.5, 0.6) is 0 Å². The molecule has 80 valence electrons. The Morgan fingerprint density at radius 1 is 1.13 bits per heavy atom. The standard InChI is InChI=1S/C14H19S/c1-12-5-7-14(8-6-12)11-13(2)15-9-3-4-10-15/h5-8,13H,1-4,9-11H2/q+1. The molecule has 0 saturated carbocycles. The van der Waals surface area contributed by atoms with Gasteiger partial charge in [0, 0.05) is 6.42 Å². The second kappa shape index (κ2) is 5.07. The van der Waals surface area contributed by atoms with E-state index in [0.29, 0.717) is 16.1 Å². The Bertz CT molecular complexity index is 296. The van der Waals surface area contributed by atoms with E-state index < -0.39 is 0 Å². The summed E-state index contributed by atoms with van der Waals surface area (Å²) in [5.41, 5.74) is 2.52. The highest BCUT2D eigenvalue weighted by Crippen LogP contribution is 2.21. The maximum atomic E-state index is 4.33. The molecule has 1 heteroatoms. The molecule has 1 aliphatic heterocycles. The van der Waals surface area contributed by atoms with E-state index in [2.05, 4.69) is 38.1 Å². The van der Waals surface area contributed by atoms with Crippen LogP contribution in [0.1, 0.15) is 24.0 Å². The number of hydrogen-bond donors (Lipinski definition) is 0. The molecule has 0 aliphatic carbocycles. The zero-order valence-corrected chi connectivity index (χ0v) is 10.1. The smallest absolute Gasteiger partial charge is 0.0588 e. The van der Waals surface area contributed by atoms with E-state index in [9.17, 15) is 0 Å². The summed E-state index contributed by atoms with van der Waals surface area (Å²) >= 11 is 0. The van der Waals surface area contributed by atoms with Gasteiger partial charge in [0.25, 0.3) is 0 Å². The van der Waals surface area contributed by atoms with Gasteiger partial charge < -0.3 is 0 Å². The molecule has 1 atom stereocenters. The minimum absolute atomic E-state index is 0.595. The molecule has 1 fully saturated rings. The molecule has 1 aromatic carbocycles. The fraction of sp³-hybridized carbons (Fsp3) is 0.429. The fourth-order valence-electron chi connectivity index (χ4n) is 2.07. The molecule has 1 aliphatic rings. The minimum Gasteiger partial charge on any atom is -0.0588 e. The van der Waals surface area contributed by atoms with Crippen LogP contribution in [0.25, 0.3) is 0 Å². The highest BCUT2D eigenvalue weighted by atomic mass is 32.2. The van der Waals surface area contributed by atoms with Crippen LogP contribution in [0.3, 0.4) is 0 Å². The summed E-state index contributed by atoms with van der Waals surface area (Å²) in [4.78, 5) is 0.